The zero-order chi connectivity index (χ0) is 21.5. The molecule has 2 aliphatic heterocycles. The normalized spacial score (nSPS) is 17.9. The Labute approximate surface area is 186 Å². The molecule has 1 fully saturated rings. The number of thiophene rings is 1. The molecule has 2 aliphatic rings. The second-order valence-corrected chi connectivity index (χ2v) is 9.23. The van der Waals surface area contributed by atoms with Crippen molar-refractivity contribution in [3.63, 3.8) is 0 Å². The minimum Gasteiger partial charge on any atom is -0.454 e. The third-order valence-electron chi connectivity index (χ3n) is 5.86. The number of rotatable bonds is 1. The summed E-state index contributed by atoms with van der Waals surface area (Å²) in [4.78, 5) is 23.0. The predicted molar refractivity (Wildman–Crippen MR) is 125 cm³/mol. The minimum absolute atomic E-state index is 0.0842. The lowest BCUT2D eigenvalue weighted by atomic mass is 10.1. The molecule has 5 nitrogen and oxygen atoms in total. The molecule has 2 aromatic carbocycles. The van der Waals surface area contributed by atoms with Crippen molar-refractivity contribution in [3.8, 4) is 11.5 Å². The minimum atomic E-state index is 0.0842. The molecular weight excluding hydrogens is 406 g/mol. The predicted octanol–water partition coefficient (Wildman–Crippen LogP) is 5.40. The summed E-state index contributed by atoms with van der Waals surface area (Å²) in [5.74, 6) is 2.62. The Hall–Kier alpha value is -3.12. The second kappa shape index (κ2) is 7.85. The molecule has 1 atom stereocenters. The highest BCUT2D eigenvalue weighted by molar-refractivity contribution is 7.12. The number of carbonyl (C=O) groups is 1. The summed E-state index contributed by atoms with van der Waals surface area (Å²) in [6.45, 7) is 8.38. The van der Waals surface area contributed by atoms with Crippen LogP contribution in [0.4, 0.5) is 5.69 Å². The molecule has 0 N–H and O–H groups in total. The van der Waals surface area contributed by atoms with Gasteiger partial charge in [-0.1, -0.05) is 23.8 Å². The van der Waals surface area contributed by atoms with Crippen LogP contribution in [-0.4, -0.2) is 47.2 Å². The number of amides is 1. The van der Waals surface area contributed by atoms with Crippen LogP contribution in [0.1, 0.15) is 33.3 Å². The molecule has 3 aromatic rings. The van der Waals surface area contributed by atoms with E-state index in [0.717, 1.165) is 57.7 Å². The molecular formula is C25H25N3O2S. The van der Waals surface area contributed by atoms with Crippen LogP contribution in [0.5, 0.6) is 11.5 Å². The number of carbonyl (C=O) groups excluding carboxylic acids is 1. The van der Waals surface area contributed by atoms with Crippen molar-refractivity contribution in [1.29, 1.82) is 0 Å². The largest absolute Gasteiger partial charge is 0.454 e. The van der Waals surface area contributed by atoms with Gasteiger partial charge in [-0.15, -0.1) is 11.3 Å². The van der Waals surface area contributed by atoms with Crippen molar-refractivity contribution in [3.05, 3.63) is 75.5 Å². The quantitative estimate of drug-likeness (QED) is 0.519. The van der Waals surface area contributed by atoms with Crippen LogP contribution in [0.15, 0.2) is 58.9 Å². The third-order valence-corrected chi connectivity index (χ3v) is 6.72. The van der Waals surface area contributed by atoms with Crippen LogP contribution >= 0.6 is 11.3 Å². The molecule has 3 heterocycles. The van der Waals surface area contributed by atoms with Gasteiger partial charge < -0.3 is 14.5 Å². The first kappa shape index (κ1) is 19.8. The lowest BCUT2D eigenvalue weighted by Crippen LogP contribution is -2.55. The fourth-order valence-electron chi connectivity index (χ4n) is 4.23. The van der Waals surface area contributed by atoms with Gasteiger partial charge in [0.15, 0.2) is 5.75 Å². The van der Waals surface area contributed by atoms with Gasteiger partial charge >= 0.3 is 0 Å². The van der Waals surface area contributed by atoms with Gasteiger partial charge in [-0.3, -0.25) is 4.79 Å². The van der Waals surface area contributed by atoms with E-state index in [-0.39, 0.29) is 11.9 Å². The zero-order valence-corrected chi connectivity index (χ0v) is 18.8. The van der Waals surface area contributed by atoms with E-state index >= 15 is 0 Å². The van der Waals surface area contributed by atoms with Crippen molar-refractivity contribution >= 4 is 28.8 Å². The van der Waals surface area contributed by atoms with E-state index in [1.165, 1.54) is 11.3 Å². The van der Waals surface area contributed by atoms with Gasteiger partial charge in [0.25, 0.3) is 5.91 Å². The van der Waals surface area contributed by atoms with Crippen molar-refractivity contribution in [2.24, 2.45) is 4.99 Å². The number of piperazine rings is 1. The smallest absolute Gasteiger partial charge is 0.264 e. The molecule has 0 bridgehead atoms. The molecule has 1 unspecified atom stereocenters. The monoisotopic (exact) mass is 431 g/mol. The van der Waals surface area contributed by atoms with E-state index in [2.05, 4.69) is 43.9 Å². The number of hydrogen-bond donors (Lipinski definition) is 0. The molecule has 1 aromatic heterocycles. The topological polar surface area (TPSA) is 45.1 Å². The van der Waals surface area contributed by atoms with E-state index < -0.39 is 0 Å². The molecule has 158 valence electrons. The number of aryl methyl sites for hydroxylation is 2. The van der Waals surface area contributed by atoms with Crippen LogP contribution in [0.25, 0.3) is 0 Å². The van der Waals surface area contributed by atoms with Gasteiger partial charge in [0.2, 0.25) is 0 Å². The van der Waals surface area contributed by atoms with Gasteiger partial charge in [-0.2, -0.15) is 0 Å². The Balaban J connectivity index is 1.49. The van der Waals surface area contributed by atoms with Crippen LogP contribution in [0.2, 0.25) is 0 Å². The lowest BCUT2D eigenvalue weighted by Gasteiger charge is -2.41. The number of ether oxygens (including phenoxy) is 1. The first-order chi connectivity index (χ1) is 15.0. The van der Waals surface area contributed by atoms with Gasteiger partial charge in [0.05, 0.1) is 10.4 Å². The SMILES string of the molecule is Cc1ccc2c(c1)Oc1ccc(C)cc1C(N1CCN(C(=O)c3cccs3)C(C)C1)=N2. The average molecular weight is 432 g/mol. The zero-order valence-electron chi connectivity index (χ0n) is 18.0. The van der Waals surface area contributed by atoms with E-state index in [0.29, 0.717) is 6.54 Å². The molecule has 1 amide bonds. The summed E-state index contributed by atoms with van der Waals surface area (Å²) in [6.07, 6.45) is 0. The first-order valence-electron chi connectivity index (χ1n) is 10.6. The van der Waals surface area contributed by atoms with Crippen molar-refractivity contribution in [1.82, 2.24) is 9.80 Å². The van der Waals surface area contributed by atoms with Crippen LogP contribution < -0.4 is 4.74 Å². The Bertz CT molecular complexity index is 1170. The molecule has 0 saturated carbocycles. The van der Waals surface area contributed by atoms with E-state index in [9.17, 15) is 4.79 Å². The van der Waals surface area contributed by atoms with Gasteiger partial charge in [-0.05, 0) is 62.0 Å². The van der Waals surface area contributed by atoms with Gasteiger partial charge in [0.1, 0.15) is 17.3 Å². The Morgan fingerprint density at radius 1 is 1.06 bits per heavy atom. The van der Waals surface area contributed by atoms with Gasteiger partial charge in [0, 0.05) is 25.7 Å². The molecule has 0 radical (unpaired) electrons. The van der Waals surface area contributed by atoms with Crippen molar-refractivity contribution in [2.75, 3.05) is 19.6 Å². The number of amidine groups is 1. The molecule has 6 heteroatoms. The summed E-state index contributed by atoms with van der Waals surface area (Å²) < 4.78 is 6.29. The summed E-state index contributed by atoms with van der Waals surface area (Å²) in [5.41, 5.74) is 4.13. The van der Waals surface area contributed by atoms with E-state index in [1.54, 1.807) is 0 Å². The number of hydrogen-bond acceptors (Lipinski definition) is 5. The number of aliphatic imine (C=N–C) groups is 1. The summed E-state index contributed by atoms with van der Waals surface area (Å²) in [6, 6.07) is 16.3. The van der Waals surface area contributed by atoms with Crippen molar-refractivity contribution < 1.29 is 9.53 Å². The van der Waals surface area contributed by atoms with Crippen LogP contribution in [0, 0.1) is 13.8 Å². The molecule has 0 aliphatic carbocycles. The number of benzene rings is 2. The fourth-order valence-corrected chi connectivity index (χ4v) is 4.91. The van der Waals surface area contributed by atoms with E-state index in [1.807, 2.05) is 40.6 Å². The Kier molecular flexibility index (Phi) is 5.02. The molecule has 5 rings (SSSR count). The third kappa shape index (κ3) is 3.72. The van der Waals surface area contributed by atoms with E-state index in [4.69, 9.17) is 9.73 Å². The lowest BCUT2D eigenvalue weighted by molar-refractivity contribution is 0.0586. The second-order valence-electron chi connectivity index (χ2n) is 8.28. The maximum Gasteiger partial charge on any atom is 0.264 e. The van der Waals surface area contributed by atoms with Crippen LogP contribution in [0.3, 0.4) is 0 Å². The summed E-state index contributed by atoms with van der Waals surface area (Å²) in [5, 5.41) is 1.95. The van der Waals surface area contributed by atoms with Crippen LogP contribution in [-0.2, 0) is 0 Å². The summed E-state index contributed by atoms with van der Waals surface area (Å²) >= 11 is 1.50. The highest BCUT2D eigenvalue weighted by Crippen LogP contribution is 2.39. The highest BCUT2D eigenvalue weighted by Gasteiger charge is 2.32. The number of fused-ring (bicyclic) bond motifs is 2. The molecule has 1 saturated heterocycles. The highest BCUT2D eigenvalue weighted by atomic mass is 32.1. The molecule has 31 heavy (non-hydrogen) atoms. The van der Waals surface area contributed by atoms with Gasteiger partial charge in [-0.25, -0.2) is 4.99 Å². The maximum atomic E-state index is 12.9. The Morgan fingerprint density at radius 2 is 1.87 bits per heavy atom. The fraction of sp³-hybridized carbons (Fsp3) is 0.280. The van der Waals surface area contributed by atoms with Crippen molar-refractivity contribution in [2.45, 2.75) is 26.8 Å². The summed E-state index contributed by atoms with van der Waals surface area (Å²) in [7, 11) is 0. The Morgan fingerprint density at radius 3 is 2.65 bits per heavy atom. The maximum absolute atomic E-state index is 12.9. The standard InChI is InChI=1S/C25H25N3O2S/c1-16-7-9-21-19(13-16)24(26-20-8-6-17(2)14-22(20)30-21)27-10-11-28(18(3)15-27)25(29)23-5-4-12-31-23/h4-9,12-14,18H,10-11,15H2,1-3H3. The number of nitrogens with zero attached hydrogens (tertiary/aromatic N) is 3. The first-order valence-corrected chi connectivity index (χ1v) is 11.5. The molecule has 0 spiro atoms. The average Bonchev–Trinajstić information content (AvgIpc) is 3.24.